The number of ether oxygens (including phenoxy) is 1. The van der Waals surface area contributed by atoms with Crippen LogP contribution in [0.2, 0.25) is 0 Å². The first-order chi connectivity index (χ1) is 5.79. The normalized spacial score (nSPS) is 35.7. The van der Waals surface area contributed by atoms with Crippen LogP contribution in [0.3, 0.4) is 0 Å². The summed E-state index contributed by atoms with van der Waals surface area (Å²) in [5.41, 5.74) is 0.694. The van der Waals surface area contributed by atoms with Crippen LogP contribution < -0.4 is 0 Å². The van der Waals surface area contributed by atoms with Gasteiger partial charge in [-0.05, 0) is 0 Å². The number of H-pyrrole nitrogens is 1. The van der Waals surface area contributed by atoms with E-state index < -0.39 is 18.3 Å². The topological polar surface area (TPSA) is 78.4 Å². The number of nitrogens with one attached hydrogen (secondary N) is 1. The number of aromatic amines is 1. The largest absolute Gasteiger partial charge is 0.388 e. The van der Waals surface area contributed by atoms with Crippen molar-refractivity contribution in [2.45, 2.75) is 18.3 Å². The van der Waals surface area contributed by atoms with Gasteiger partial charge in [0.25, 0.3) is 0 Å². The molecule has 0 unspecified atom stereocenters. The molecule has 5 nitrogen and oxygen atoms in total. The first-order valence-electron chi connectivity index (χ1n) is 3.75. The smallest absolute Gasteiger partial charge is 0.127 e. The lowest BCUT2D eigenvalue weighted by molar-refractivity contribution is 0.0207. The monoisotopic (exact) mass is 170 g/mol. The van der Waals surface area contributed by atoms with Gasteiger partial charge >= 0.3 is 0 Å². The zero-order valence-electron chi connectivity index (χ0n) is 6.34. The number of aliphatic hydroxyl groups excluding tert-OH is 2. The molecule has 0 aromatic carbocycles. The Hall–Kier alpha value is -0.910. The van der Waals surface area contributed by atoms with Gasteiger partial charge in [0.05, 0.1) is 24.8 Å². The maximum absolute atomic E-state index is 9.41. The van der Waals surface area contributed by atoms with Gasteiger partial charge in [0, 0.05) is 0 Å². The molecule has 0 saturated carbocycles. The highest BCUT2D eigenvalue weighted by Crippen LogP contribution is 2.27. The first-order valence-corrected chi connectivity index (χ1v) is 3.75. The Labute approximate surface area is 69.0 Å². The standard InChI is InChI=1S/C7H10N2O3/c10-5-2-12-7(6(5)11)4-1-8-3-9-4/h1,3,5-7,10-11H,2H2,(H,8,9)/t5-,6-,7+/m1/s1. The van der Waals surface area contributed by atoms with Crippen molar-refractivity contribution >= 4 is 0 Å². The van der Waals surface area contributed by atoms with Gasteiger partial charge in [-0.15, -0.1) is 0 Å². The van der Waals surface area contributed by atoms with E-state index in [1.807, 2.05) is 0 Å². The van der Waals surface area contributed by atoms with Crippen molar-refractivity contribution in [3.05, 3.63) is 18.2 Å². The zero-order chi connectivity index (χ0) is 8.55. The van der Waals surface area contributed by atoms with Gasteiger partial charge in [-0.2, -0.15) is 0 Å². The van der Waals surface area contributed by atoms with Crippen LogP contribution in [0.25, 0.3) is 0 Å². The molecule has 2 rings (SSSR count). The Bertz CT molecular complexity index is 249. The number of aromatic nitrogens is 2. The van der Waals surface area contributed by atoms with Crippen molar-refractivity contribution < 1.29 is 14.9 Å². The minimum absolute atomic E-state index is 0.171. The number of hydrogen-bond donors (Lipinski definition) is 3. The average Bonchev–Trinajstić information content (AvgIpc) is 2.64. The van der Waals surface area contributed by atoms with Crippen LogP contribution >= 0.6 is 0 Å². The lowest BCUT2D eigenvalue weighted by Crippen LogP contribution is -2.25. The lowest BCUT2D eigenvalue weighted by Gasteiger charge is -2.11. The van der Waals surface area contributed by atoms with E-state index in [1.165, 1.54) is 6.33 Å². The molecule has 3 N–H and O–H groups in total. The Morgan fingerprint density at radius 2 is 2.42 bits per heavy atom. The third-order valence-corrected chi connectivity index (χ3v) is 1.98. The van der Waals surface area contributed by atoms with E-state index in [-0.39, 0.29) is 6.61 Å². The van der Waals surface area contributed by atoms with Crippen LogP contribution in [0.15, 0.2) is 12.5 Å². The van der Waals surface area contributed by atoms with Crippen molar-refractivity contribution in [3.63, 3.8) is 0 Å². The molecule has 2 heterocycles. The predicted molar refractivity (Wildman–Crippen MR) is 39.3 cm³/mol. The minimum atomic E-state index is -0.856. The molecule has 1 aliphatic heterocycles. The van der Waals surface area contributed by atoms with Gasteiger partial charge in [0.2, 0.25) is 0 Å². The maximum atomic E-state index is 9.41. The highest BCUT2D eigenvalue weighted by Gasteiger charge is 2.36. The van der Waals surface area contributed by atoms with Crippen LogP contribution in [-0.2, 0) is 4.74 Å². The number of nitrogens with zero attached hydrogens (tertiary/aromatic N) is 1. The molecule has 3 atom stereocenters. The molecule has 0 radical (unpaired) electrons. The SMILES string of the molecule is O[C@@H]1[C@H](O)CO[C@H]1c1cnc[nH]1. The Kier molecular flexibility index (Phi) is 1.84. The molecule has 5 heteroatoms. The second-order valence-corrected chi connectivity index (χ2v) is 2.82. The molecular weight excluding hydrogens is 160 g/mol. The summed E-state index contributed by atoms with van der Waals surface area (Å²) in [6.07, 6.45) is 0.966. The van der Waals surface area contributed by atoms with E-state index in [4.69, 9.17) is 9.84 Å². The molecule has 1 fully saturated rings. The van der Waals surface area contributed by atoms with Gasteiger partial charge in [-0.3, -0.25) is 0 Å². The molecule has 0 amide bonds. The number of aliphatic hydroxyl groups is 2. The molecule has 1 aliphatic rings. The molecule has 1 aromatic rings. The highest BCUT2D eigenvalue weighted by molar-refractivity contribution is 5.05. The molecule has 66 valence electrons. The molecule has 1 aromatic heterocycles. The highest BCUT2D eigenvalue weighted by atomic mass is 16.5. The van der Waals surface area contributed by atoms with Crippen molar-refractivity contribution in [2.24, 2.45) is 0 Å². The Balaban J connectivity index is 2.16. The summed E-state index contributed by atoms with van der Waals surface area (Å²) >= 11 is 0. The van der Waals surface area contributed by atoms with Gasteiger partial charge in [-0.25, -0.2) is 4.98 Å². The van der Waals surface area contributed by atoms with Gasteiger partial charge in [0.1, 0.15) is 18.3 Å². The summed E-state index contributed by atoms with van der Waals surface area (Å²) in [6, 6.07) is 0. The Morgan fingerprint density at radius 1 is 1.58 bits per heavy atom. The molecule has 0 spiro atoms. The van der Waals surface area contributed by atoms with Crippen LogP contribution in [-0.4, -0.2) is 39.0 Å². The van der Waals surface area contributed by atoms with Crippen LogP contribution in [0.4, 0.5) is 0 Å². The summed E-state index contributed by atoms with van der Waals surface area (Å²) in [7, 11) is 0. The van der Waals surface area contributed by atoms with E-state index in [0.29, 0.717) is 5.69 Å². The first kappa shape index (κ1) is 7.72. The Morgan fingerprint density at radius 3 is 2.92 bits per heavy atom. The third kappa shape index (κ3) is 1.12. The molecule has 12 heavy (non-hydrogen) atoms. The summed E-state index contributed by atoms with van der Waals surface area (Å²) in [5, 5.41) is 18.6. The van der Waals surface area contributed by atoms with E-state index in [2.05, 4.69) is 9.97 Å². The summed E-state index contributed by atoms with van der Waals surface area (Å²) in [4.78, 5) is 6.62. The van der Waals surface area contributed by atoms with Crippen LogP contribution in [0.5, 0.6) is 0 Å². The summed E-state index contributed by atoms with van der Waals surface area (Å²) < 4.78 is 5.15. The number of imidazole rings is 1. The fourth-order valence-electron chi connectivity index (χ4n) is 1.30. The summed E-state index contributed by atoms with van der Waals surface area (Å²) in [6.45, 7) is 0.171. The van der Waals surface area contributed by atoms with Crippen LogP contribution in [0.1, 0.15) is 11.8 Å². The molecule has 0 aliphatic carbocycles. The second kappa shape index (κ2) is 2.85. The number of hydrogen-bond acceptors (Lipinski definition) is 4. The third-order valence-electron chi connectivity index (χ3n) is 1.98. The van der Waals surface area contributed by atoms with Crippen LogP contribution in [0, 0.1) is 0 Å². The second-order valence-electron chi connectivity index (χ2n) is 2.82. The fraction of sp³-hybridized carbons (Fsp3) is 0.571. The zero-order valence-corrected chi connectivity index (χ0v) is 6.34. The average molecular weight is 170 g/mol. The summed E-state index contributed by atoms with van der Waals surface area (Å²) in [5.74, 6) is 0. The fourth-order valence-corrected chi connectivity index (χ4v) is 1.30. The number of rotatable bonds is 1. The van der Waals surface area contributed by atoms with E-state index in [1.54, 1.807) is 6.20 Å². The van der Waals surface area contributed by atoms with E-state index in [9.17, 15) is 5.11 Å². The molecule has 0 bridgehead atoms. The van der Waals surface area contributed by atoms with E-state index in [0.717, 1.165) is 0 Å². The minimum Gasteiger partial charge on any atom is -0.388 e. The van der Waals surface area contributed by atoms with E-state index >= 15 is 0 Å². The van der Waals surface area contributed by atoms with Crippen molar-refractivity contribution in [1.82, 2.24) is 9.97 Å². The van der Waals surface area contributed by atoms with Gasteiger partial charge in [0.15, 0.2) is 0 Å². The van der Waals surface area contributed by atoms with Crippen molar-refractivity contribution in [2.75, 3.05) is 6.61 Å². The van der Waals surface area contributed by atoms with Gasteiger partial charge < -0.3 is 19.9 Å². The predicted octanol–water partition coefficient (Wildman–Crippen LogP) is -0.797. The lowest BCUT2D eigenvalue weighted by atomic mass is 10.1. The maximum Gasteiger partial charge on any atom is 0.127 e. The molecule has 1 saturated heterocycles. The quantitative estimate of drug-likeness (QED) is 0.515. The van der Waals surface area contributed by atoms with Gasteiger partial charge in [-0.1, -0.05) is 0 Å². The van der Waals surface area contributed by atoms with Crippen molar-refractivity contribution in [3.8, 4) is 0 Å². The molecular formula is C7H10N2O3. The van der Waals surface area contributed by atoms with Crippen molar-refractivity contribution in [1.29, 1.82) is 0 Å².